The average Bonchev–Trinajstić information content (AvgIpc) is 3.44. The highest BCUT2D eigenvalue weighted by Crippen LogP contribution is 2.30. The van der Waals surface area contributed by atoms with Gasteiger partial charge in [-0.3, -0.25) is 9.59 Å². The summed E-state index contributed by atoms with van der Waals surface area (Å²) in [6.07, 6.45) is 3.07. The lowest BCUT2D eigenvalue weighted by Gasteiger charge is -2.23. The van der Waals surface area contributed by atoms with Gasteiger partial charge in [-0.15, -0.1) is 0 Å². The predicted molar refractivity (Wildman–Crippen MR) is 93.7 cm³/mol. The van der Waals surface area contributed by atoms with E-state index in [1.807, 2.05) is 41.3 Å². The molecule has 3 rings (SSSR count). The molecule has 4 nitrogen and oxygen atoms in total. The molecule has 2 aromatic carbocycles. The number of hydrogen-bond acceptors (Lipinski definition) is 2. The first kappa shape index (κ1) is 16.2. The fourth-order valence-corrected chi connectivity index (χ4v) is 2.77. The van der Waals surface area contributed by atoms with Crippen molar-refractivity contribution in [1.82, 2.24) is 4.90 Å². The molecular weight excluding hydrogens is 300 g/mol. The summed E-state index contributed by atoms with van der Waals surface area (Å²) in [6, 6.07) is 15.3. The minimum absolute atomic E-state index is 0.0686. The van der Waals surface area contributed by atoms with Crippen LogP contribution in [0, 0.1) is 0 Å². The lowest BCUT2D eigenvalue weighted by Crippen LogP contribution is -2.32. The van der Waals surface area contributed by atoms with Gasteiger partial charge in [0.15, 0.2) is 0 Å². The molecule has 0 spiro atoms. The van der Waals surface area contributed by atoms with Gasteiger partial charge in [0.1, 0.15) is 0 Å². The van der Waals surface area contributed by atoms with Gasteiger partial charge in [0.25, 0.3) is 5.91 Å². The normalized spacial score (nSPS) is 13.5. The highest BCUT2D eigenvalue weighted by Gasteiger charge is 2.33. The van der Waals surface area contributed by atoms with Crippen molar-refractivity contribution in [3.8, 4) is 0 Å². The summed E-state index contributed by atoms with van der Waals surface area (Å²) in [4.78, 5) is 25.9. The molecule has 24 heavy (non-hydrogen) atoms. The molecular formula is C20H22N2O2. The topological polar surface area (TPSA) is 63.4 Å². The summed E-state index contributed by atoms with van der Waals surface area (Å²) in [7, 11) is 0. The molecule has 0 radical (unpaired) electrons. The molecule has 0 bridgehead atoms. The second-order valence-corrected chi connectivity index (χ2v) is 6.28. The number of carbonyl (C=O) groups is 2. The summed E-state index contributed by atoms with van der Waals surface area (Å²) in [5.41, 5.74) is 8.71. The van der Waals surface area contributed by atoms with E-state index in [1.165, 1.54) is 5.56 Å². The van der Waals surface area contributed by atoms with Crippen molar-refractivity contribution in [2.75, 3.05) is 0 Å². The first-order valence-electron chi connectivity index (χ1n) is 8.37. The molecule has 0 heterocycles. The highest BCUT2D eigenvalue weighted by molar-refractivity contribution is 5.95. The van der Waals surface area contributed by atoms with Crippen LogP contribution in [0.4, 0.5) is 0 Å². The van der Waals surface area contributed by atoms with E-state index in [-0.39, 0.29) is 5.91 Å². The Bertz CT molecular complexity index is 731. The lowest BCUT2D eigenvalue weighted by atomic mass is 10.1. The maximum atomic E-state index is 12.9. The predicted octanol–water partition coefficient (Wildman–Crippen LogP) is 3.15. The van der Waals surface area contributed by atoms with Crippen LogP contribution in [0.25, 0.3) is 0 Å². The molecule has 0 atom stereocenters. The third-order valence-electron chi connectivity index (χ3n) is 4.45. The number of benzene rings is 2. The minimum atomic E-state index is -0.437. The zero-order valence-corrected chi connectivity index (χ0v) is 13.9. The number of nitrogens with zero attached hydrogens (tertiary/aromatic N) is 1. The second kappa shape index (κ2) is 6.87. The third-order valence-corrected chi connectivity index (χ3v) is 4.45. The molecule has 1 saturated carbocycles. The molecule has 4 heteroatoms. The first-order valence-corrected chi connectivity index (χ1v) is 8.37. The van der Waals surface area contributed by atoms with Gasteiger partial charge in [0.05, 0.1) is 0 Å². The van der Waals surface area contributed by atoms with Crippen LogP contribution in [0.1, 0.15) is 51.6 Å². The summed E-state index contributed by atoms with van der Waals surface area (Å²) in [5.74, 6) is -0.369. The zero-order chi connectivity index (χ0) is 17.1. The number of primary amides is 1. The maximum absolute atomic E-state index is 12.9. The molecule has 1 aliphatic rings. The fraction of sp³-hybridized carbons (Fsp3) is 0.300. The Morgan fingerprint density at radius 3 is 2.00 bits per heavy atom. The SMILES string of the molecule is CCc1ccc(C(=O)N(Cc2ccc(C(N)=O)cc2)C2CC2)cc1. The van der Waals surface area contributed by atoms with Crippen LogP contribution in [0.5, 0.6) is 0 Å². The van der Waals surface area contributed by atoms with Gasteiger partial charge < -0.3 is 10.6 Å². The molecule has 0 aliphatic heterocycles. The van der Waals surface area contributed by atoms with Crippen molar-refractivity contribution in [2.45, 2.75) is 38.8 Å². The van der Waals surface area contributed by atoms with Gasteiger partial charge in [0.2, 0.25) is 5.91 Å². The molecule has 2 amide bonds. The van der Waals surface area contributed by atoms with Crippen molar-refractivity contribution in [3.05, 3.63) is 70.8 Å². The molecule has 2 aromatic rings. The molecule has 0 aromatic heterocycles. The van der Waals surface area contributed by atoms with E-state index < -0.39 is 5.91 Å². The average molecular weight is 322 g/mol. The number of aryl methyl sites for hydroxylation is 1. The maximum Gasteiger partial charge on any atom is 0.254 e. The van der Waals surface area contributed by atoms with Crippen molar-refractivity contribution >= 4 is 11.8 Å². The van der Waals surface area contributed by atoms with Gasteiger partial charge in [0, 0.05) is 23.7 Å². The second-order valence-electron chi connectivity index (χ2n) is 6.28. The first-order chi connectivity index (χ1) is 11.6. The van der Waals surface area contributed by atoms with Gasteiger partial charge in [-0.2, -0.15) is 0 Å². The van der Waals surface area contributed by atoms with Crippen LogP contribution < -0.4 is 5.73 Å². The van der Waals surface area contributed by atoms with Gasteiger partial charge in [-0.1, -0.05) is 31.2 Å². The van der Waals surface area contributed by atoms with Gasteiger partial charge in [-0.25, -0.2) is 0 Å². The zero-order valence-electron chi connectivity index (χ0n) is 13.9. The summed E-state index contributed by atoms with van der Waals surface area (Å²) in [6.45, 7) is 2.65. The van der Waals surface area contributed by atoms with Crippen LogP contribution >= 0.6 is 0 Å². The Morgan fingerprint density at radius 2 is 1.50 bits per heavy atom. The molecule has 1 fully saturated rings. The van der Waals surface area contributed by atoms with Crippen LogP contribution in [-0.4, -0.2) is 22.8 Å². The van der Waals surface area contributed by atoms with E-state index in [0.717, 1.165) is 30.4 Å². The summed E-state index contributed by atoms with van der Waals surface area (Å²) < 4.78 is 0. The number of carbonyl (C=O) groups excluding carboxylic acids is 2. The number of nitrogens with two attached hydrogens (primary N) is 1. The lowest BCUT2D eigenvalue weighted by molar-refractivity contribution is 0.0729. The monoisotopic (exact) mass is 322 g/mol. The van der Waals surface area contributed by atoms with Gasteiger partial charge >= 0.3 is 0 Å². The Labute approximate surface area is 142 Å². The number of amides is 2. The van der Waals surface area contributed by atoms with Crippen molar-refractivity contribution in [1.29, 1.82) is 0 Å². The van der Waals surface area contributed by atoms with Crippen LogP contribution in [0.3, 0.4) is 0 Å². The molecule has 124 valence electrons. The molecule has 0 unspecified atom stereocenters. The summed E-state index contributed by atoms with van der Waals surface area (Å²) in [5, 5.41) is 0. The summed E-state index contributed by atoms with van der Waals surface area (Å²) >= 11 is 0. The Morgan fingerprint density at radius 1 is 0.958 bits per heavy atom. The van der Waals surface area contributed by atoms with Crippen molar-refractivity contribution in [2.24, 2.45) is 5.73 Å². The smallest absolute Gasteiger partial charge is 0.254 e. The van der Waals surface area contributed by atoms with E-state index in [4.69, 9.17) is 5.73 Å². The highest BCUT2D eigenvalue weighted by atomic mass is 16.2. The van der Waals surface area contributed by atoms with Crippen LogP contribution in [0.2, 0.25) is 0 Å². The Hall–Kier alpha value is -2.62. The van der Waals surface area contributed by atoms with Crippen molar-refractivity contribution in [3.63, 3.8) is 0 Å². The van der Waals surface area contributed by atoms with Crippen LogP contribution in [-0.2, 0) is 13.0 Å². The Balaban J connectivity index is 1.76. The molecule has 1 aliphatic carbocycles. The van der Waals surface area contributed by atoms with E-state index in [0.29, 0.717) is 18.2 Å². The molecule has 2 N–H and O–H groups in total. The molecule has 0 saturated heterocycles. The Kier molecular flexibility index (Phi) is 4.65. The number of rotatable bonds is 6. The largest absolute Gasteiger partial charge is 0.366 e. The fourth-order valence-electron chi connectivity index (χ4n) is 2.77. The van der Waals surface area contributed by atoms with Crippen molar-refractivity contribution < 1.29 is 9.59 Å². The minimum Gasteiger partial charge on any atom is -0.366 e. The van der Waals surface area contributed by atoms with Gasteiger partial charge in [-0.05, 0) is 54.7 Å². The quantitative estimate of drug-likeness (QED) is 0.888. The van der Waals surface area contributed by atoms with E-state index in [1.54, 1.807) is 12.1 Å². The van der Waals surface area contributed by atoms with E-state index in [9.17, 15) is 9.59 Å². The third kappa shape index (κ3) is 3.65. The van der Waals surface area contributed by atoms with Crippen LogP contribution in [0.15, 0.2) is 48.5 Å². The standard InChI is InChI=1S/C20H22N2O2/c1-2-14-3-9-17(10-4-14)20(24)22(18-11-12-18)13-15-5-7-16(8-6-15)19(21)23/h3-10,18H,2,11-13H2,1H3,(H2,21,23). The number of hydrogen-bond donors (Lipinski definition) is 1. The van der Waals surface area contributed by atoms with E-state index in [2.05, 4.69) is 6.92 Å². The van der Waals surface area contributed by atoms with E-state index >= 15 is 0 Å².